The van der Waals surface area contributed by atoms with Crippen LogP contribution in [0, 0.1) is 0 Å². The molecule has 4 heteroatoms. The number of thiol groups is 1. The van der Waals surface area contributed by atoms with Gasteiger partial charge in [-0.05, 0) is 39.8 Å². The van der Waals surface area contributed by atoms with Crippen molar-refractivity contribution in [3.05, 3.63) is 24.3 Å². The maximum Gasteiger partial charge on any atom is 0.330 e. The van der Waals surface area contributed by atoms with Crippen LogP contribution in [0.1, 0.15) is 27.7 Å². The van der Waals surface area contributed by atoms with Gasteiger partial charge in [0.1, 0.15) is 5.75 Å². The fraction of sp³-hybridized carbons (Fsp3) is 0.500. The Balaban J connectivity index is 2.61. The molecule has 16 heavy (non-hydrogen) atoms. The van der Waals surface area contributed by atoms with Gasteiger partial charge >= 0.3 is 7.48 Å². The SMILES string of the molecule is CC(C)(S)C(C)(C)O[B]c1ccc(O)cc1. The first-order valence-electron chi connectivity index (χ1n) is 5.25. The van der Waals surface area contributed by atoms with Crippen molar-refractivity contribution in [2.45, 2.75) is 38.0 Å². The van der Waals surface area contributed by atoms with Crippen LogP contribution in [0.5, 0.6) is 5.75 Å². The monoisotopic (exact) mass is 237 g/mol. The van der Waals surface area contributed by atoms with Crippen molar-refractivity contribution in [3.8, 4) is 5.75 Å². The zero-order chi connectivity index (χ0) is 12.4. The third kappa shape index (κ3) is 3.46. The highest BCUT2D eigenvalue weighted by Crippen LogP contribution is 2.30. The summed E-state index contributed by atoms with van der Waals surface area (Å²) >= 11 is 4.51. The number of benzene rings is 1. The van der Waals surface area contributed by atoms with Crippen molar-refractivity contribution >= 4 is 25.6 Å². The van der Waals surface area contributed by atoms with Gasteiger partial charge in [-0.25, -0.2) is 0 Å². The van der Waals surface area contributed by atoms with Crippen molar-refractivity contribution in [2.75, 3.05) is 0 Å². The number of rotatable bonds is 4. The van der Waals surface area contributed by atoms with E-state index in [9.17, 15) is 0 Å². The summed E-state index contributed by atoms with van der Waals surface area (Å²) in [5, 5.41) is 9.15. The van der Waals surface area contributed by atoms with Gasteiger partial charge in [0.2, 0.25) is 0 Å². The van der Waals surface area contributed by atoms with E-state index in [0.29, 0.717) is 0 Å². The number of phenols is 1. The van der Waals surface area contributed by atoms with Crippen LogP contribution in [0.3, 0.4) is 0 Å². The van der Waals surface area contributed by atoms with Crippen molar-refractivity contribution < 1.29 is 9.76 Å². The van der Waals surface area contributed by atoms with Crippen molar-refractivity contribution in [1.29, 1.82) is 0 Å². The van der Waals surface area contributed by atoms with Gasteiger partial charge in [0, 0.05) is 4.75 Å². The highest BCUT2D eigenvalue weighted by Gasteiger charge is 2.34. The summed E-state index contributed by atoms with van der Waals surface area (Å²) in [5.41, 5.74) is 0.553. The Morgan fingerprint density at radius 1 is 1.12 bits per heavy atom. The van der Waals surface area contributed by atoms with Gasteiger partial charge in [0.25, 0.3) is 0 Å². The summed E-state index contributed by atoms with van der Waals surface area (Å²) in [6.07, 6.45) is 0. The van der Waals surface area contributed by atoms with Crippen molar-refractivity contribution in [3.63, 3.8) is 0 Å². The first-order chi connectivity index (χ1) is 7.22. The van der Waals surface area contributed by atoms with E-state index >= 15 is 0 Å². The minimum Gasteiger partial charge on any atom is -0.508 e. The maximum atomic E-state index is 9.15. The second-order valence-electron chi connectivity index (χ2n) is 4.90. The predicted molar refractivity (Wildman–Crippen MR) is 71.7 cm³/mol. The standard InChI is InChI=1S/C12H18BO2S/c1-11(2,12(3,4)16)15-13-9-5-7-10(14)8-6-9/h5-8,14,16H,1-4H3. The Labute approximate surface area is 104 Å². The van der Waals surface area contributed by atoms with E-state index < -0.39 is 0 Å². The number of hydrogen-bond donors (Lipinski definition) is 2. The van der Waals surface area contributed by atoms with Gasteiger partial charge in [0.05, 0.1) is 5.60 Å². The third-order valence-electron chi connectivity index (χ3n) is 2.86. The Bertz CT molecular complexity index is 341. The zero-order valence-corrected chi connectivity index (χ0v) is 11.1. The second kappa shape index (κ2) is 4.72. The van der Waals surface area contributed by atoms with Crippen LogP contribution in [0.4, 0.5) is 0 Å². The molecule has 0 aromatic heterocycles. The minimum atomic E-state index is -0.367. The molecule has 0 fully saturated rings. The van der Waals surface area contributed by atoms with E-state index in [4.69, 9.17) is 9.76 Å². The average Bonchev–Trinajstić information content (AvgIpc) is 2.15. The summed E-state index contributed by atoms with van der Waals surface area (Å²) in [6.45, 7) is 8.02. The van der Waals surface area contributed by atoms with Gasteiger partial charge in [-0.1, -0.05) is 17.6 Å². The van der Waals surface area contributed by atoms with Crippen molar-refractivity contribution in [1.82, 2.24) is 0 Å². The lowest BCUT2D eigenvalue weighted by atomic mass is 9.84. The quantitative estimate of drug-likeness (QED) is 0.620. The van der Waals surface area contributed by atoms with Crippen LogP contribution < -0.4 is 5.46 Å². The molecule has 0 aliphatic carbocycles. The molecular weight excluding hydrogens is 219 g/mol. The molecule has 0 heterocycles. The van der Waals surface area contributed by atoms with Gasteiger partial charge in [0.15, 0.2) is 0 Å². The van der Waals surface area contributed by atoms with Crippen LogP contribution in [0.15, 0.2) is 24.3 Å². The molecule has 0 aliphatic heterocycles. The molecule has 0 amide bonds. The molecule has 87 valence electrons. The van der Waals surface area contributed by atoms with Crippen LogP contribution in [0.25, 0.3) is 0 Å². The van der Waals surface area contributed by atoms with Crippen LogP contribution in [-0.2, 0) is 4.65 Å². The molecule has 0 unspecified atom stereocenters. The fourth-order valence-corrected chi connectivity index (χ4v) is 0.965. The Morgan fingerprint density at radius 2 is 1.62 bits per heavy atom. The molecule has 1 N–H and O–H groups in total. The lowest BCUT2D eigenvalue weighted by Gasteiger charge is -2.38. The van der Waals surface area contributed by atoms with E-state index in [2.05, 4.69) is 12.6 Å². The van der Waals surface area contributed by atoms with Gasteiger partial charge in [-0.15, -0.1) is 0 Å². The number of aromatic hydroxyl groups is 1. The van der Waals surface area contributed by atoms with Gasteiger partial charge in [-0.3, -0.25) is 0 Å². The Hall–Kier alpha value is -0.605. The van der Waals surface area contributed by atoms with Crippen LogP contribution in [0.2, 0.25) is 0 Å². The smallest absolute Gasteiger partial charge is 0.330 e. The maximum absolute atomic E-state index is 9.15. The fourth-order valence-electron chi connectivity index (χ4n) is 0.912. The first-order valence-corrected chi connectivity index (χ1v) is 5.69. The predicted octanol–water partition coefficient (Wildman–Crippen LogP) is 2.14. The molecule has 0 aliphatic rings. The Morgan fingerprint density at radius 3 is 2.06 bits per heavy atom. The molecule has 1 aromatic carbocycles. The molecule has 1 radical (unpaired) electrons. The van der Waals surface area contributed by atoms with Gasteiger partial charge in [-0.2, -0.15) is 12.6 Å². The molecule has 0 atom stereocenters. The number of phenolic OH excluding ortho intramolecular Hbond substituents is 1. The summed E-state index contributed by atoms with van der Waals surface area (Å²) in [6, 6.07) is 6.87. The lowest BCUT2D eigenvalue weighted by Crippen LogP contribution is -2.45. The van der Waals surface area contributed by atoms with Crippen LogP contribution >= 0.6 is 12.6 Å². The highest BCUT2D eigenvalue weighted by atomic mass is 32.1. The molecule has 0 spiro atoms. The summed E-state index contributed by atoms with van der Waals surface area (Å²) in [4.78, 5) is 0. The summed E-state index contributed by atoms with van der Waals surface area (Å²) in [7, 11) is 1.69. The molecule has 2 nitrogen and oxygen atoms in total. The summed E-state index contributed by atoms with van der Waals surface area (Å²) < 4.78 is 5.50. The molecular formula is C12H18BO2S. The topological polar surface area (TPSA) is 29.5 Å². The van der Waals surface area contributed by atoms with E-state index in [0.717, 1.165) is 5.46 Å². The van der Waals surface area contributed by atoms with E-state index in [-0.39, 0.29) is 16.1 Å². The average molecular weight is 237 g/mol. The second-order valence-corrected chi connectivity index (χ2v) is 6.01. The summed E-state index contributed by atoms with van der Waals surface area (Å²) in [5.74, 6) is 0.255. The molecule has 0 saturated carbocycles. The zero-order valence-electron chi connectivity index (χ0n) is 10.2. The number of hydrogen-bond acceptors (Lipinski definition) is 3. The third-order valence-corrected chi connectivity index (χ3v) is 3.39. The van der Waals surface area contributed by atoms with E-state index in [1.165, 1.54) is 0 Å². The molecule has 0 saturated heterocycles. The van der Waals surface area contributed by atoms with Gasteiger partial charge < -0.3 is 9.76 Å². The molecule has 0 bridgehead atoms. The normalized spacial score (nSPS) is 12.6. The Kier molecular flexibility index (Phi) is 3.97. The van der Waals surface area contributed by atoms with Crippen molar-refractivity contribution in [2.24, 2.45) is 0 Å². The van der Waals surface area contributed by atoms with E-state index in [1.807, 2.05) is 27.7 Å². The molecule has 1 rings (SSSR count). The largest absolute Gasteiger partial charge is 0.508 e. The molecule has 1 aromatic rings. The van der Waals surface area contributed by atoms with E-state index in [1.54, 1.807) is 31.7 Å². The minimum absolute atomic E-state index is 0.236. The lowest BCUT2D eigenvalue weighted by molar-refractivity contribution is 0.0854. The first kappa shape index (κ1) is 13.5. The van der Waals surface area contributed by atoms with Crippen LogP contribution in [-0.4, -0.2) is 22.9 Å². The highest BCUT2D eigenvalue weighted by molar-refractivity contribution is 7.81.